The molecule has 39 heavy (non-hydrogen) atoms. The molecule has 1 saturated heterocycles. The zero-order chi connectivity index (χ0) is 27.9. The normalized spacial score (nSPS) is 23.4. The first-order chi connectivity index (χ1) is 18.7. The molecule has 2 amide bonds. The molecule has 2 fully saturated rings. The lowest BCUT2D eigenvalue weighted by Crippen LogP contribution is -2.47. The number of nitrogens with two attached hydrogens (primary N) is 1. The van der Waals surface area contributed by atoms with Gasteiger partial charge in [0.25, 0.3) is 5.91 Å². The smallest absolute Gasteiger partial charge is 0.254 e. The molecular weight excluding hydrogens is 491 g/mol. The number of nitrogens with one attached hydrogen (secondary N) is 1. The Bertz CT molecular complexity index is 1090. The van der Waals surface area contributed by atoms with E-state index < -0.39 is 6.04 Å². The molecule has 2 aromatic rings. The van der Waals surface area contributed by atoms with Crippen molar-refractivity contribution >= 4 is 11.8 Å². The van der Waals surface area contributed by atoms with Crippen LogP contribution >= 0.6 is 0 Å². The van der Waals surface area contributed by atoms with E-state index >= 15 is 0 Å². The SMILES string of the molecule is Cc1ccc(C(=O)N2CC(N(Cc3ccc(F)cc3)CC(C)C)CC2C(=O)NCC2CCCC(CN)C2)cc1. The van der Waals surface area contributed by atoms with Crippen LogP contribution in [-0.2, 0) is 11.3 Å². The molecule has 2 aliphatic rings. The van der Waals surface area contributed by atoms with E-state index in [2.05, 4.69) is 24.1 Å². The molecule has 1 heterocycles. The summed E-state index contributed by atoms with van der Waals surface area (Å²) < 4.78 is 13.5. The summed E-state index contributed by atoms with van der Waals surface area (Å²) in [6, 6.07) is 13.7. The molecule has 2 aromatic carbocycles. The molecular formula is C32H45FN4O2. The van der Waals surface area contributed by atoms with Crippen LogP contribution in [-0.4, -0.2) is 59.9 Å². The Kier molecular flexibility index (Phi) is 10.1. The van der Waals surface area contributed by atoms with E-state index in [0.717, 1.165) is 36.9 Å². The number of hydrogen-bond donors (Lipinski definition) is 2. The molecule has 6 nitrogen and oxygen atoms in total. The highest BCUT2D eigenvalue weighted by atomic mass is 19.1. The molecule has 4 atom stereocenters. The van der Waals surface area contributed by atoms with Gasteiger partial charge in [-0.15, -0.1) is 0 Å². The number of likely N-dealkylation sites (tertiary alicyclic amines) is 1. The zero-order valence-electron chi connectivity index (χ0n) is 23.7. The van der Waals surface area contributed by atoms with E-state index in [1.54, 1.807) is 4.90 Å². The van der Waals surface area contributed by atoms with Gasteiger partial charge in [-0.25, -0.2) is 4.39 Å². The summed E-state index contributed by atoms with van der Waals surface area (Å²) in [6.45, 7) is 9.63. The number of carbonyl (C=O) groups is 2. The third-order valence-corrected chi connectivity index (χ3v) is 8.35. The lowest BCUT2D eigenvalue weighted by atomic mass is 9.81. The zero-order valence-corrected chi connectivity index (χ0v) is 23.7. The van der Waals surface area contributed by atoms with Crippen LogP contribution in [0.2, 0.25) is 0 Å². The largest absolute Gasteiger partial charge is 0.354 e. The maximum absolute atomic E-state index is 13.7. The Labute approximate surface area is 233 Å². The first kappa shape index (κ1) is 29.2. The van der Waals surface area contributed by atoms with Crippen molar-refractivity contribution in [2.75, 3.05) is 26.2 Å². The van der Waals surface area contributed by atoms with Gasteiger partial charge in [0.2, 0.25) is 5.91 Å². The van der Waals surface area contributed by atoms with E-state index in [0.29, 0.717) is 55.9 Å². The maximum Gasteiger partial charge on any atom is 0.254 e. The van der Waals surface area contributed by atoms with Crippen LogP contribution < -0.4 is 11.1 Å². The maximum atomic E-state index is 13.7. The molecule has 1 aliphatic carbocycles. The summed E-state index contributed by atoms with van der Waals surface area (Å²) in [4.78, 5) is 31.5. The molecule has 1 saturated carbocycles. The number of amides is 2. The summed E-state index contributed by atoms with van der Waals surface area (Å²) in [5, 5.41) is 3.21. The minimum absolute atomic E-state index is 0.0268. The quantitative estimate of drug-likeness (QED) is 0.459. The summed E-state index contributed by atoms with van der Waals surface area (Å²) in [5.74, 6) is 0.945. The van der Waals surface area contributed by atoms with Crippen LogP contribution in [0.1, 0.15) is 67.4 Å². The molecule has 212 valence electrons. The number of nitrogens with zero attached hydrogens (tertiary/aromatic N) is 2. The van der Waals surface area contributed by atoms with Crippen molar-refractivity contribution in [3.63, 3.8) is 0 Å². The van der Waals surface area contributed by atoms with Crippen molar-refractivity contribution in [3.05, 3.63) is 71.0 Å². The van der Waals surface area contributed by atoms with Gasteiger partial charge in [-0.1, -0.05) is 50.1 Å². The Balaban J connectivity index is 1.52. The van der Waals surface area contributed by atoms with Crippen molar-refractivity contribution in [1.29, 1.82) is 0 Å². The second-order valence-corrected chi connectivity index (χ2v) is 12.1. The molecule has 4 unspecified atom stereocenters. The number of benzene rings is 2. The third-order valence-electron chi connectivity index (χ3n) is 8.35. The summed E-state index contributed by atoms with van der Waals surface area (Å²) in [7, 11) is 0. The Morgan fingerprint density at radius 1 is 1.05 bits per heavy atom. The monoisotopic (exact) mass is 536 g/mol. The molecule has 0 radical (unpaired) electrons. The van der Waals surface area contributed by atoms with Gasteiger partial charge < -0.3 is 16.0 Å². The van der Waals surface area contributed by atoms with Crippen LogP contribution in [0.5, 0.6) is 0 Å². The van der Waals surface area contributed by atoms with Gasteiger partial charge in [-0.2, -0.15) is 0 Å². The Morgan fingerprint density at radius 2 is 1.74 bits per heavy atom. The van der Waals surface area contributed by atoms with E-state index in [-0.39, 0.29) is 23.7 Å². The van der Waals surface area contributed by atoms with Crippen molar-refractivity contribution < 1.29 is 14.0 Å². The minimum Gasteiger partial charge on any atom is -0.354 e. The lowest BCUT2D eigenvalue weighted by Gasteiger charge is -2.30. The van der Waals surface area contributed by atoms with Crippen LogP contribution in [0, 0.1) is 30.5 Å². The molecule has 0 spiro atoms. The molecule has 7 heteroatoms. The van der Waals surface area contributed by atoms with Crippen LogP contribution in [0.25, 0.3) is 0 Å². The Hall–Kier alpha value is -2.77. The predicted octanol–water partition coefficient (Wildman–Crippen LogP) is 4.76. The van der Waals surface area contributed by atoms with Gasteiger partial charge in [0.05, 0.1) is 0 Å². The van der Waals surface area contributed by atoms with Gasteiger partial charge in [0, 0.05) is 37.8 Å². The highest BCUT2D eigenvalue weighted by Gasteiger charge is 2.42. The number of rotatable bonds is 10. The standard InChI is InChI=1S/C32H45FN4O2/c1-22(2)19-36(20-24-9-13-28(33)14-10-24)29-16-30(31(38)35-18-26-6-4-5-25(15-26)17-34)37(21-29)32(39)27-11-7-23(3)8-12-27/h7-14,22,25-26,29-30H,4-6,15-21,34H2,1-3H3,(H,35,38). The molecule has 3 N–H and O–H groups in total. The van der Waals surface area contributed by atoms with Crippen molar-refractivity contribution in [3.8, 4) is 0 Å². The van der Waals surface area contributed by atoms with Gasteiger partial charge >= 0.3 is 0 Å². The van der Waals surface area contributed by atoms with Gasteiger partial charge in [-0.3, -0.25) is 14.5 Å². The second kappa shape index (κ2) is 13.5. The average Bonchev–Trinajstić information content (AvgIpc) is 3.38. The topological polar surface area (TPSA) is 78.7 Å². The van der Waals surface area contributed by atoms with Crippen LogP contribution in [0.15, 0.2) is 48.5 Å². The predicted molar refractivity (Wildman–Crippen MR) is 154 cm³/mol. The number of hydrogen-bond acceptors (Lipinski definition) is 4. The summed E-state index contributed by atoms with van der Waals surface area (Å²) in [6.07, 6.45) is 5.06. The fourth-order valence-electron chi connectivity index (χ4n) is 6.21. The fourth-order valence-corrected chi connectivity index (χ4v) is 6.21. The fraction of sp³-hybridized carbons (Fsp3) is 0.562. The van der Waals surface area contributed by atoms with Crippen molar-refractivity contribution in [2.45, 2.75) is 71.5 Å². The number of aryl methyl sites for hydroxylation is 1. The summed E-state index contributed by atoms with van der Waals surface area (Å²) in [5.41, 5.74) is 8.64. The molecule has 0 aromatic heterocycles. The van der Waals surface area contributed by atoms with E-state index in [4.69, 9.17) is 5.73 Å². The highest BCUT2D eigenvalue weighted by molar-refractivity contribution is 5.98. The van der Waals surface area contributed by atoms with Gasteiger partial charge in [0.1, 0.15) is 11.9 Å². The van der Waals surface area contributed by atoms with Gasteiger partial charge in [-0.05, 0) is 86.7 Å². The number of carbonyl (C=O) groups excluding carboxylic acids is 2. The van der Waals surface area contributed by atoms with Crippen molar-refractivity contribution in [1.82, 2.24) is 15.1 Å². The highest BCUT2D eigenvalue weighted by Crippen LogP contribution is 2.29. The average molecular weight is 537 g/mol. The first-order valence-corrected chi connectivity index (χ1v) is 14.6. The minimum atomic E-state index is -0.527. The third kappa shape index (κ3) is 7.89. The molecule has 4 rings (SSSR count). The molecule has 0 bridgehead atoms. The summed E-state index contributed by atoms with van der Waals surface area (Å²) >= 11 is 0. The van der Waals surface area contributed by atoms with E-state index in [9.17, 15) is 14.0 Å². The second-order valence-electron chi connectivity index (χ2n) is 12.1. The lowest BCUT2D eigenvalue weighted by molar-refractivity contribution is -0.125. The van der Waals surface area contributed by atoms with E-state index in [1.165, 1.54) is 18.6 Å². The van der Waals surface area contributed by atoms with Crippen LogP contribution in [0.4, 0.5) is 4.39 Å². The number of halogens is 1. The Morgan fingerprint density at radius 3 is 2.41 bits per heavy atom. The van der Waals surface area contributed by atoms with E-state index in [1.807, 2.05) is 43.3 Å². The van der Waals surface area contributed by atoms with Crippen molar-refractivity contribution in [2.24, 2.45) is 23.5 Å². The van der Waals surface area contributed by atoms with Gasteiger partial charge in [0.15, 0.2) is 0 Å². The molecule has 1 aliphatic heterocycles. The van der Waals surface area contributed by atoms with Crippen LogP contribution in [0.3, 0.4) is 0 Å². The first-order valence-electron chi connectivity index (χ1n) is 14.6.